The lowest BCUT2D eigenvalue weighted by Gasteiger charge is -2.32. The van der Waals surface area contributed by atoms with Gasteiger partial charge in [0, 0.05) is 6.54 Å². The summed E-state index contributed by atoms with van der Waals surface area (Å²) in [5.41, 5.74) is 1.40. The van der Waals surface area contributed by atoms with Crippen LogP contribution in [0.25, 0.3) is 0 Å². The molecule has 2 aromatic carbocycles. The van der Waals surface area contributed by atoms with Gasteiger partial charge in [-0.05, 0) is 56.5 Å². The molecule has 0 aromatic heterocycles. The number of nitrogens with zero attached hydrogens (tertiary/aromatic N) is 1. The number of ether oxygens (including phenoxy) is 3. The number of sulfonamides is 1. The van der Waals surface area contributed by atoms with E-state index in [0.717, 1.165) is 11.1 Å². The summed E-state index contributed by atoms with van der Waals surface area (Å²) in [5.74, 6) is 2.36. The van der Waals surface area contributed by atoms with E-state index in [1.807, 2.05) is 32.0 Å². The number of hydrogen-bond donors (Lipinski definition) is 0. The van der Waals surface area contributed by atoms with Gasteiger partial charge in [0.1, 0.15) is 23.4 Å². The molecule has 3 rings (SSSR count). The summed E-state index contributed by atoms with van der Waals surface area (Å²) in [4.78, 5) is 12.6. The molecular formula is C26H31NO6S. The summed E-state index contributed by atoms with van der Waals surface area (Å²) in [6, 6.07) is 12.3. The van der Waals surface area contributed by atoms with E-state index in [1.54, 1.807) is 38.1 Å². The molecule has 1 aliphatic rings. The Labute approximate surface area is 202 Å². The fourth-order valence-corrected chi connectivity index (χ4v) is 5.74. The quantitative estimate of drug-likeness (QED) is 0.438. The topological polar surface area (TPSA) is 82.1 Å². The normalized spacial score (nSPS) is 18.6. The van der Waals surface area contributed by atoms with Crippen LogP contribution in [-0.4, -0.2) is 45.1 Å². The highest BCUT2D eigenvalue weighted by atomic mass is 32.2. The second-order valence-electron chi connectivity index (χ2n) is 8.97. The van der Waals surface area contributed by atoms with Crippen LogP contribution < -0.4 is 4.74 Å². The van der Waals surface area contributed by atoms with E-state index in [2.05, 4.69) is 5.92 Å². The zero-order valence-electron chi connectivity index (χ0n) is 20.2. The Morgan fingerprint density at radius 3 is 2.68 bits per heavy atom. The Morgan fingerprint density at radius 2 is 2.00 bits per heavy atom. The lowest BCUT2D eigenvalue weighted by Crippen LogP contribution is -2.36. The Morgan fingerprint density at radius 1 is 1.29 bits per heavy atom. The van der Waals surface area contributed by atoms with E-state index in [4.69, 9.17) is 20.6 Å². The molecule has 0 amide bonds. The molecule has 0 saturated heterocycles. The predicted octanol–water partition coefficient (Wildman–Crippen LogP) is 3.86. The van der Waals surface area contributed by atoms with E-state index < -0.39 is 27.5 Å². The van der Waals surface area contributed by atoms with Crippen molar-refractivity contribution in [2.45, 2.75) is 51.3 Å². The highest BCUT2D eigenvalue weighted by Gasteiger charge is 2.40. The summed E-state index contributed by atoms with van der Waals surface area (Å²) < 4.78 is 45.1. The third kappa shape index (κ3) is 5.12. The number of fused-ring (bicyclic) bond motifs is 1. The molecule has 0 spiro atoms. The maximum Gasteiger partial charge on any atom is 0.314 e. The fraction of sp³-hybridized carbons (Fsp3) is 0.423. The van der Waals surface area contributed by atoms with Crippen molar-refractivity contribution in [3.63, 3.8) is 0 Å². The minimum atomic E-state index is -3.78. The standard InChI is InChI=1S/C26H31NO6S/c1-7-14-32-24(26(4,5)25(28)31-6)20-13-12-18(2)21(15-20)17-27-16-19(3)33-22-10-8-9-11-23(22)34(27,29)30/h1,8-13,15,19,24H,14,16-17H2,2-6H3/t19-,24+/m1/s1. The molecule has 8 heteroatoms. The van der Waals surface area contributed by atoms with Crippen LogP contribution >= 0.6 is 0 Å². The summed E-state index contributed by atoms with van der Waals surface area (Å²) in [6.45, 7) is 7.58. The molecule has 7 nitrogen and oxygen atoms in total. The molecule has 34 heavy (non-hydrogen) atoms. The van der Waals surface area contributed by atoms with Crippen molar-refractivity contribution in [1.82, 2.24) is 4.31 Å². The van der Waals surface area contributed by atoms with Gasteiger partial charge in [-0.1, -0.05) is 36.3 Å². The second-order valence-corrected chi connectivity index (χ2v) is 10.9. The number of aryl methyl sites for hydroxylation is 1. The van der Waals surface area contributed by atoms with E-state index in [-0.39, 0.29) is 30.7 Å². The van der Waals surface area contributed by atoms with Gasteiger partial charge in [0.05, 0.1) is 25.2 Å². The first kappa shape index (κ1) is 25.8. The van der Waals surface area contributed by atoms with Crippen molar-refractivity contribution >= 4 is 16.0 Å². The smallest absolute Gasteiger partial charge is 0.314 e. The molecule has 0 radical (unpaired) electrons. The molecule has 2 atom stereocenters. The molecule has 1 heterocycles. The van der Waals surface area contributed by atoms with Gasteiger partial charge < -0.3 is 14.2 Å². The van der Waals surface area contributed by atoms with Crippen molar-refractivity contribution in [2.24, 2.45) is 5.41 Å². The lowest BCUT2D eigenvalue weighted by molar-refractivity contribution is -0.160. The maximum atomic E-state index is 13.5. The molecule has 2 aromatic rings. The molecule has 0 unspecified atom stereocenters. The van der Waals surface area contributed by atoms with Gasteiger partial charge >= 0.3 is 5.97 Å². The lowest BCUT2D eigenvalue weighted by atomic mass is 9.81. The zero-order chi connectivity index (χ0) is 25.1. The Kier molecular flexibility index (Phi) is 7.71. The predicted molar refractivity (Wildman–Crippen MR) is 129 cm³/mol. The Hall–Kier alpha value is -2.86. The summed E-state index contributed by atoms with van der Waals surface area (Å²) in [5, 5.41) is 0. The molecule has 0 N–H and O–H groups in total. The minimum absolute atomic E-state index is 0.0143. The summed E-state index contributed by atoms with van der Waals surface area (Å²) in [6.07, 6.45) is 4.40. The van der Waals surface area contributed by atoms with Crippen LogP contribution in [0.1, 0.15) is 43.6 Å². The van der Waals surface area contributed by atoms with Crippen molar-refractivity contribution in [2.75, 3.05) is 20.3 Å². The SMILES string of the molecule is C#CCO[C@@H](c1ccc(C)c(CN2C[C@@H](C)Oc3ccccc3S2(=O)=O)c1)C(C)(C)C(=O)OC. The van der Waals surface area contributed by atoms with Crippen LogP contribution in [0.2, 0.25) is 0 Å². The fourth-order valence-electron chi connectivity index (χ4n) is 4.13. The second kappa shape index (κ2) is 10.2. The molecule has 182 valence electrons. The molecule has 0 bridgehead atoms. The Bertz CT molecular complexity index is 1200. The van der Waals surface area contributed by atoms with Crippen LogP contribution in [-0.2, 0) is 30.8 Å². The molecular weight excluding hydrogens is 454 g/mol. The maximum absolute atomic E-state index is 13.5. The van der Waals surface area contributed by atoms with Gasteiger partial charge in [-0.2, -0.15) is 4.31 Å². The number of methoxy groups -OCH3 is 1. The number of carbonyl (C=O) groups is 1. The van der Waals surface area contributed by atoms with E-state index in [9.17, 15) is 13.2 Å². The highest BCUT2D eigenvalue weighted by molar-refractivity contribution is 7.89. The van der Waals surface area contributed by atoms with E-state index >= 15 is 0 Å². The van der Waals surface area contributed by atoms with Crippen LogP contribution in [0.5, 0.6) is 5.75 Å². The van der Waals surface area contributed by atoms with Crippen LogP contribution in [0.3, 0.4) is 0 Å². The average Bonchev–Trinajstić information content (AvgIpc) is 2.88. The van der Waals surface area contributed by atoms with Crippen molar-refractivity contribution < 1.29 is 27.4 Å². The first-order valence-electron chi connectivity index (χ1n) is 11.0. The molecule has 0 saturated carbocycles. The van der Waals surface area contributed by atoms with Crippen molar-refractivity contribution in [3.05, 3.63) is 59.2 Å². The molecule has 0 fully saturated rings. The molecule has 0 aliphatic carbocycles. The number of para-hydroxylation sites is 1. The van der Waals surface area contributed by atoms with Crippen LogP contribution in [0, 0.1) is 24.7 Å². The number of rotatable bonds is 7. The van der Waals surface area contributed by atoms with E-state index in [0.29, 0.717) is 11.3 Å². The number of hydrogen-bond acceptors (Lipinski definition) is 6. The Balaban J connectivity index is 2.02. The van der Waals surface area contributed by atoms with Gasteiger partial charge in [0.15, 0.2) is 0 Å². The number of carbonyl (C=O) groups excluding carboxylic acids is 1. The monoisotopic (exact) mass is 485 g/mol. The zero-order valence-corrected chi connectivity index (χ0v) is 21.0. The average molecular weight is 486 g/mol. The van der Waals surface area contributed by atoms with Crippen LogP contribution in [0.15, 0.2) is 47.4 Å². The summed E-state index contributed by atoms with van der Waals surface area (Å²) in [7, 11) is -2.46. The van der Waals surface area contributed by atoms with Gasteiger partial charge in [-0.15, -0.1) is 6.42 Å². The van der Waals surface area contributed by atoms with Gasteiger partial charge in [-0.3, -0.25) is 4.79 Å². The van der Waals surface area contributed by atoms with Gasteiger partial charge in [-0.25, -0.2) is 8.42 Å². The number of esters is 1. The van der Waals surface area contributed by atoms with Gasteiger partial charge in [0.25, 0.3) is 0 Å². The van der Waals surface area contributed by atoms with Crippen LogP contribution in [0.4, 0.5) is 0 Å². The largest absolute Gasteiger partial charge is 0.488 e. The van der Waals surface area contributed by atoms with Crippen molar-refractivity contribution in [3.8, 4) is 18.1 Å². The third-order valence-electron chi connectivity index (χ3n) is 5.98. The first-order valence-corrected chi connectivity index (χ1v) is 12.4. The molecule has 1 aliphatic heterocycles. The summed E-state index contributed by atoms with van der Waals surface area (Å²) >= 11 is 0. The number of benzene rings is 2. The number of terminal acetylenes is 1. The minimum Gasteiger partial charge on any atom is -0.488 e. The first-order chi connectivity index (χ1) is 16.0. The van der Waals surface area contributed by atoms with E-state index in [1.165, 1.54) is 11.4 Å². The highest BCUT2D eigenvalue weighted by Crippen LogP contribution is 2.39. The third-order valence-corrected chi connectivity index (χ3v) is 7.83. The van der Waals surface area contributed by atoms with Crippen molar-refractivity contribution in [1.29, 1.82) is 0 Å². The van der Waals surface area contributed by atoms with Gasteiger partial charge in [0.2, 0.25) is 10.0 Å².